The van der Waals surface area contributed by atoms with E-state index in [2.05, 4.69) is 20.7 Å². The van der Waals surface area contributed by atoms with Crippen molar-refractivity contribution in [1.82, 2.24) is 9.97 Å². The Kier molecular flexibility index (Phi) is 3.49. The number of aryl methyl sites for hydroxylation is 1. The fourth-order valence-electron chi connectivity index (χ4n) is 1.51. The van der Waals surface area contributed by atoms with Gasteiger partial charge in [0, 0.05) is 12.4 Å². The smallest absolute Gasteiger partial charge is 0.257 e. The molecule has 0 aliphatic carbocycles. The van der Waals surface area contributed by atoms with Gasteiger partial charge in [0.25, 0.3) is 5.91 Å². The van der Waals surface area contributed by atoms with E-state index >= 15 is 0 Å². The lowest BCUT2D eigenvalue weighted by molar-refractivity contribution is 0.102. The maximum Gasteiger partial charge on any atom is 0.257 e. The highest BCUT2D eigenvalue weighted by Crippen LogP contribution is 2.16. The average Bonchev–Trinajstić information content (AvgIpc) is 2.41. The monoisotopic (exact) mass is 243 g/mol. The number of carbonyl (C=O) groups excluding carboxylic acids is 1. The minimum atomic E-state index is -0.263. The zero-order valence-corrected chi connectivity index (χ0v) is 9.84. The summed E-state index contributed by atoms with van der Waals surface area (Å²) in [4.78, 5) is 20.1. The van der Waals surface area contributed by atoms with Gasteiger partial charge in [0.15, 0.2) is 0 Å². The molecule has 0 aliphatic heterocycles. The van der Waals surface area contributed by atoms with Gasteiger partial charge < -0.3 is 10.7 Å². The van der Waals surface area contributed by atoms with Crippen molar-refractivity contribution in [2.24, 2.45) is 5.84 Å². The molecule has 0 saturated carbocycles. The normalized spacial score (nSPS) is 9.89. The van der Waals surface area contributed by atoms with Gasteiger partial charge in [-0.25, -0.2) is 0 Å². The molecule has 18 heavy (non-hydrogen) atoms. The number of pyridine rings is 2. The van der Waals surface area contributed by atoms with Crippen molar-refractivity contribution in [1.29, 1.82) is 0 Å². The third-order valence-corrected chi connectivity index (χ3v) is 2.48. The molecule has 0 saturated heterocycles. The first-order valence-corrected chi connectivity index (χ1v) is 5.36. The average molecular weight is 243 g/mol. The molecular weight excluding hydrogens is 230 g/mol. The van der Waals surface area contributed by atoms with Gasteiger partial charge in [0.1, 0.15) is 0 Å². The number of hydrazine groups is 1. The van der Waals surface area contributed by atoms with E-state index in [9.17, 15) is 4.79 Å². The molecule has 2 aromatic rings. The Balaban J connectivity index is 2.25. The standard InChI is InChI=1S/C12H13N5O/c1-8-10(3-2-5-15-8)16-12(18)9-4-6-14-7-11(9)17-13/h2-7,17H,13H2,1H3,(H,16,18). The van der Waals surface area contributed by atoms with Crippen LogP contribution in [0.4, 0.5) is 11.4 Å². The molecule has 6 heteroatoms. The van der Waals surface area contributed by atoms with Gasteiger partial charge in [0.05, 0.1) is 28.8 Å². The molecule has 0 unspecified atom stereocenters. The molecule has 0 aromatic carbocycles. The van der Waals surface area contributed by atoms with E-state index in [1.807, 2.05) is 6.92 Å². The Labute approximate surface area is 104 Å². The highest BCUT2D eigenvalue weighted by atomic mass is 16.1. The maximum atomic E-state index is 12.1. The van der Waals surface area contributed by atoms with Crippen LogP contribution in [0.5, 0.6) is 0 Å². The summed E-state index contributed by atoms with van der Waals surface area (Å²) >= 11 is 0. The van der Waals surface area contributed by atoms with Crippen molar-refractivity contribution in [2.45, 2.75) is 6.92 Å². The van der Waals surface area contributed by atoms with E-state index in [1.54, 1.807) is 24.4 Å². The lowest BCUT2D eigenvalue weighted by Crippen LogP contribution is -2.18. The lowest BCUT2D eigenvalue weighted by atomic mass is 10.2. The highest BCUT2D eigenvalue weighted by Gasteiger charge is 2.11. The van der Waals surface area contributed by atoms with E-state index in [0.717, 1.165) is 5.69 Å². The number of carbonyl (C=O) groups is 1. The maximum absolute atomic E-state index is 12.1. The summed E-state index contributed by atoms with van der Waals surface area (Å²) in [6.07, 6.45) is 4.70. The van der Waals surface area contributed by atoms with Crippen molar-refractivity contribution >= 4 is 17.3 Å². The Morgan fingerprint density at radius 2 is 2.11 bits per heavy atom. The highest BCUT2D eigenvalue weighted by molar-refractivity contribution is 6.08. The van der Waals surface area contributed by atoms with Crippen LogP contribution in [0.2, 0.25) is 0 Å². The van der Waals surface area contributed by atoms with Crippen LogP contribution in [-0.4, -0.2) is 15.9 Å². The molecule has 92 valence electrons. The Hall–Kier alpha value is -2.47. The molecular formula is C12H13N5O. The quantitative estimate of drug-likeness (QED) is 0.558. The van der Waals surface area contributed by atoms with Crippen molar-refractivity contribution in [3.63, 3.8) is 0 Å². The molecule has 1 amide bonds. The molecule has 0 bridgehead atoms. The van der Waals surface area contributed by atoms with Crippen molar-refractivity contribution in [2.75, 3.05) is 10.7 Å². The second-order valence-electron chi connectivity index (χ2n) is 3.66. The number of anilines is 2. The van der Waals surface area contributed by atoms with Gasteiger partial charge in [-0.1, -0.05) is 0 Å². The summed E-state index contributed by atoms with van der Waals surface area (Å²) in [5.74, 6) is 5.07. The van der Waals surface area contributed by atoms with Crippen molar-refractivity contribution in [3.05, 3.63) is 48.0 Å². The fourth-order valence-corrected chi connectivity index (χ4v) is 1.51. The first-order valence-electron chi connectivity index (χ1n) is 5.36. The van der Waals surface area contributed by atoms with Gasteiger partial charge in [0.2, 0.25) is 0 Å². The van der Waals surface area contributed by atoms with Crippen LogP contribution >= 0.6 is 0 Å². The number of nitrogen functional groups attached to an aromatic ring is 1. The number of rotatable bonds is 3. The summed E-state index contributed by atoms with van der Waals surface area (Å²) < 4.78 is 0. The number of aromatic nitrogens is 2. The summed E-state index contributed by atoms with van der Waals surface area (Å²) in [7, 11) is 0. The van der Waals surface area contributed by atoms with Crippen LogP contribution in [0.1, 0.15) is 16.1 Å². The predicted molar refractivity (Wildman–Crippen MR) is 69.0 cm³/mol. The molecule has 0 atom stereocenters. The number of amides is 1. The van der Waals surface area contributed by atoms with Gasteiger partial charge in [-0.15, -0.1) is 0 Å². The minimum Gasteiger partial charge on any atom is -0.322 e. The molecule has 0 aliphatic rings. The molecule has 2 heterocycles. The molecule has 2 rings (SSSR count). The second-order valence-corrected chi connectivity index (χ2v) is 3.66. The van der Waals surface area contributed by atoms with E-state index in [4.69, 9.17) is 5.84 Å². The third-order valence-electron chi connectivity index (χ3n) is 2.48. The second kappa shape index (κ2) is 5.24. The van der Waals surface area contributed by atoms with Gasteiger partial charge in [-0.3, -0.25) is 20.6 Å². The Morgan fingerprint density at radius 3 is 2.83 bits per heavy atom. The van der Waals surface area contributed by atoms with Crippen molar-refractivity contribution < 1.29 is 4.79 Å². The Bertz CT molecular complexity index is 570. The number of hydrogen-bond acceptors (Lipinski definition) is 5. The van der Waals surface area contributed by atoms with Crippen LogP contribution in [-0.2, 0) is 0 Å². The van der Waals surface area contributed by atoms with E-state index in [-0.39, 0.29) is 5.91 Å². The summed E-state index contributed by atoms with van der Waals surface area (Å²) in [6, 6.07) is 5.14. The largest absolute Gasteiger partial charge is 0.322 e. The van der Waals surface area contributed by atoms with Gasteiger partial charge in [-0.05, 0) is 25.1 Å². The van der Waals surface area contributed by atoms with Crippen LogP contribution in [0, 0.1) is 6.92 Å². The number of hydrogen-bond donors (Lipinski definition) is 3. The van der Waals surface area contributed by atoms with Crippen LogP contribution in [0.25, 0.3) is 0 Å². The molecule has 0 spiro atoms. The Morgan fingerprint density at radius 1 is 1.28 bits per heavy atom. The number of nitrogens with zero attached hydrogens (tertiary/aromatic N) is 2. The van der Waals surface area contributed by atoms with E-state index < -0.39 is 0 Å². The first-order chi connectivity index (χ1) is 8.72. The third kappa shape index (κ3) is 2.44. The molecule has 4 N–H and O–H groups in total. The van der Waals surface area contributed by atoms with Crippen molar-refractivity contribution in [3.8, 4) is 0 Å². The summed E-state index contributed by atoms with van der Waals surface area (Å²) in [6.45, 7) is 1.82. The van der Waals surface area contributed by atoms with E-state index in [0.29, 0.717) is 16.9 Å². The summed E-state index contributed by atoms with van der Waals surface area (Å²) in [5, 5.41) is 2.78. The zero-order chi connectivity index (χ0) is 13.0. The van der Waals surface area contributed by atoms with Gasteiger partial charge in [-0.2, -0.15) is 0 Å². The fraction of sp³-hybridized carbons (Fsp3) is 0.0833. The minimum absolute atomic E-state index is 0.263. The topological polar surface area (TPSA) is 92.9 Å². The SMILES string of the molecule is Cc1ncccc1NC(=O)c1ccncc1NN. The van der Waals surface area contributed by atoms with E-state index in [1.165, 1.54) is 12.4 Å². The van der Waals surface area contributed by atoms with Crippen LogP contribution < -0.4 is 16.6 Å². The zero-order valence-electron chi connectivity index (χ0n) is 9.84. The van der Waals surface area contributed by atoms with Crippen LogP contribution in [0.15, 0.2) is 36.8 Å². The molecule has 2 aromatic heterocycles. The summed E-state index contributed by atoms with van der Waals surface area (Å²) in [5.41, 5.74) is 4.75. The molecule has 6 nitrogen and oxygen atoms in total. The lowest BCUT2D eigenvalue weighted by Gasteiger charge is -2.10. The molecule has 0 radical (unpaired) electrons. The first kappa shape index (κ1) is 12.0. The number of nitrogens with two attached hydrogens (primary N) is 1. The molecule has 0 fully saturated rings. The van der Waals surface area contributed by atoms with Gasteiger partial charge >= 0.3 is 0 Å². The van der Waals surface area contributed by atoms with Crippen LogP contribution in [0.3, 0.4) is 0 Å². The predicted octanol–water partition coefficient (Wildman–Crippen LogP) is 1.32. The number of nitrogens with one attached hydrogen (secondary N) is 2.